The van der Waals surface area contributed by atoms with Crippen molar-refractivity contribution in [1.29, 1.82) is 0 Å². The number of nitro benzene ring substituents is 1. The quantitative estimate of drug-likeness (QED) is 0.507. The van der Waals surface area contributed by atoms with Crippen LogP contribution in [0.2, 0.25) is 0 Å². The second-order valence-corrected chi connectivity index (χ2v) is 6.32. The molecule has 3 atom stereocenters. The fraction of sp³-hybridized carbons (Fsp3) is 0.529. The molecule has 0 unspecified atom stereocenters. The van der Waals surface area contributed by atoms with Gasteiger partial charge >= 0.3 is 5.97 Å². The molecule has 1 aromatic carbocycles. The van der Waals surface area contributed by atoms with Gasteiger partial charge in [0.15, 0.2) is 6.61 Å². The third-order valence-electron chi connectivity index (χ3n) is 4.68. The molecule has 1 fully saturated rings. The van der Waals surface area contributed by atoms with Gasteiger partial charge in [0.05, 0.1) is 10.5 Å². The Balaban J connectivity index is 1.86. The van der Waals surface area contributed by atoms with E-state index < -0.39 is 10.9 Å². The van der Waals surface area contributed by atoms with Crippen molar-refractivity contribution in [2.45, 2.75) is 39.2 Å². The van der Waals surface area contributed by atoms with Crippen molar-refractivity contribution in [2.75, 3.05) is 6.61 Å². The number of nitrogens with zero attached hydrogens (tertiary/aromatic N) is 1. The monoisotopic (exact) mass is 334 g/mol. The SMILES string of the molecule is C[C@H]1[C@@H](NC(=O)COC(=O)c2cccc([N+](=O)[O-])c2)CCC[C@@H]1C. The van der Waals surface area contributed by atoms with Crippen molar-refractivity contribution in [1.82, 2.24) is 5.32 Å². The van der Waals surface area contributed by atoms with E-state index in [2.05, 4.69) is 19.2 Å². The molecule has 1 aromatic rings. The molecule has 2 rings (SSSR count). The lowest BCUT2D eigenvalue weighted by Crippen LogP contribution is -2.45. The van der Waals surface area contributed by atoms with Crippen LogP contribution in [0.5, 0.6) is 0 Å². The van der Waals surface area contributed by atoms with E-state index in [1.165, 1.54) is 18.2 Å². The highest BCUT2D eigenvalue weighted by atomic mass is 16.6. The zero-order valence-electron chi connectivity index (χ0n) is 13.9. The van der Waals surface area contributed by atoms with Crippen molar-refractivity contribution in [3.63, 3.8) is 0 Å². The number of esters is 1. The van der Waals surface area contributed by atoms with E-state index in [-0.39, 0.29) is 29.8 Å². The molecule has 1 aliphatic carbocycles. The lowest BCUT2D eigenvalue weighted by atomic mass is 9.78. The van der Waals surface area contributed by atoms with E-state index in [9.17, 15) is 19.7 Å². The molecule has 0 spiro atoms. The molecule has 1 amide bonds. The molecule has 0 radical (unpaired) electrons. The zero-order valence-corrected chi connectivity index (χ0v) is 13.9. The molecular formula is C17H22N2O5. The van der Waals surface area contributed by atoms with Crippen LogP contribution in [0.25, 0.3) is 0 Å². The summed E-state index contributed by atoms with van der Waals surface area (Å²) in [6.45, 7) is 3.90. The number of non-ortho nitro benzene ring substituents is 1. The number of hydrogen-bond acceptors (Lipinski definition) is 5. The molecule has 1 aliphatic rings. The van der Waals surface area contributed by atoms with E-state index in [0.717, 1.165) is 25.3 Å². The molecule has 0 aliphatic heterocycles. The van der Waals surface area contributed by atoms with Crippen molar-refractivity contribution in [3.8, 4) is 0 Å². The van der Waals surface area contributed by atoms with Gasteiger partial charge in [-0.3, -0.25) is 14.9 Å². The Kier molecular flexibility index (Phi) is 5.89. The van der Waals surface area contributed by atoms with Gasteiger partial charge in [-0.2, -0.15) is 0 Å². The molecule has 0 aromatic heterocycles. The van der Waals surface area contributed by atoms with Crippen LogP contribution in [0, 0.1) is 22.0 Å². The molecule has 1 saturated carbocycles. The standard InChI is InChI=1S/C17H22N2O5/c1-11-5-3-8-15(12(11)2)18-16(20)10-24-17(21)13-6-4-7-14(9-13)19(22)23/h4,6-7,9,11-12,15H,3,5,8,10H2,1-2H3,(H,18,20)/t11-,12+,15-/m0/s1. The molecule has 7 heteroatoms. The number of hydrogen-bond donors (Lipinski definition) is 1. The van der Waals surface area contributed by atoms with Gasteiger partial charge in [-0.25, -0.2) is 4.79 Å². The fourth-order valence-electron chi connectivity index (χ4n) is 3.00. The van der Waals surface area contributed by atoms with Gasteiger partial charge in [-0.1, -0.05) is 32.8 Å². The Hall–Kier alpha value is -2.44. The van der Waals surface area contributed by atoms with E-state index in [4.69, 9.17) is 4.74 Å². The van der Waals surface area contributed by atoms with Gasteiger partial charge in [-0.15, -0.1) is 0 Å². The molecule has 7 nitrogen and oxygen atoms in total. The summed E-state index contributed by atoms with van der Waals surface area (Å²) < 4.78 is 4.95. The second kappa shape index (κ2) is 7.90. The number of nitrogens with one attached hydrogen (secondary N) is 1. The highest BCUT2D eigenvalue weighted by Gasteiger charge is 2.28. The second-order valence-electron chi connectivity index (χ2n) is 6.32. The summed E-state index contributed by atoms with van der Waals surface area (Å²) in [7, 11) is 0. The number of rotatable bonds is 5. The van der Waals surface area contributed by atoms with Crippen LogP contribution in [0.1, 0.15) is 43.5 Å². The van der Waals surface area contributed by atoms with Gasteiger partial charge in [0.1, 0.15) is 0 Å². The topological polar surface area (TPSA) is 98.5 Å². The first kappa shape index (κ1) is 17.9. The first-order valence-corrected chi connectivity index (χ1v) is 8.09. The summed E-state index contributed by atoms with van der Waals surface area (Å²) in [4.78, 5) is 34.0. The Morgan fingerprint density at radius 3 is 2.79 bits per heavy atom. The Morgan fingerprint density at radius 1 is 1.33 bits per heavy atom. The van der Waals surface area contributed by atoms with Crippen LogP contribution in [-0.2, 0) is 9.53 Å². The zero-order chi connectivity index (χ0) is 17.7. The summed E-state index contributed by atoms with van der Waals surface area (Å²) in [5, 5.41) is 13.6. The molecule has 0 heterocycles. The highest BCUT2D eigenvalue weighted by Crippen LogP contribution is 2.29. The summed E-state index contributed by atoms with van der Waals surface area (Å²) in [5.41, 5.74) is -0.143. The number of carbonyl (C=O) groups excluding carboxylic acids is 2. The third-order valence-corrected chi connectivity index (χ3v) is 4.68. The number of nitro groups is 1. The highest BCUT2D eigenvalue weighted by molar-refractivity contribution is 5.91. The summed E-state index contributed by atoms with van der Waals surface area (Å²) >= 11 is 0. The van der Waals surface area contributed by atoms with Crippen LogP contribution in [0.4, 0.5) is 5.69 Å². The van der Waals surface area contributed by atoms with Crippen LogP contribution in [0.15, 0.2) is 24.3 Å². The summed E-state index contributed by atoms with van der Waals surface area (Å²) in [6, 6.07) is 5.33. The largest absolute Gasteiger partial charge is 0.452 e. The maximum Gasteiger partial charge on any atom is 0.338 e. The predicted molar refractivity (Wildman–Crippen MR) is 87.5 cm³/mol. The van der Waals surface area contributed by atoms with Gasteiger partial charge in [0, 0.05) is 18.2 Å². The Bertz CT molecular complexity index is 631. The average Bonchev–Trinajstić information content (AvgIpc) is 2.57. The minimum absolute atomic E-state index is 0.0525. The minimum atomic E-state index is -0.751. The van der Waals surface area contributed by atoms with Gasteiger partial charge in [0.25, 0.3) is 11.6 Å². The summed E-state index contributed by atoms with van der Waals surface area (Å²) in [5.74, 6) is -0.162. The third kappa shape index (κ3) is 4.53. The van der Waals surface area contributed by atoms with Gasteiger partial charge in [0.2, 0.25) is 0 Å². The van der Waals surface area contributed by atoms with Crippen LogP contribution in [0.3, 0.4) is 0 Å². The maximum absolute atomic E-state index is 12.0. The van der Waals surface area contributed by atoms with Crippen LogP contribution >= 0.6 is 0 Å². The fourth-order valence-corrected chi connectivity index (χ4v) is 3.00. The molecule has 0 bridgehead atoms. The Morgan fingerprint density at radius 2 is 2.08 bits per heavy atom. The van der Waals surface area contributed by atoms with Crippen molar-refractivity contribution < 1.29 is 19.2 Å². The minimum Gasteiger partial charge on any atom is -0.452 e. The normalized spacial score (nSPS) is 23.3. The molecular weight excluding hydrogens is 312 g/mol. The van der Waals surface area contributed by atoms with Crippen LogP contribution in [-0.4, -0.2) is 29.4 Å². The van der Waals surface area contributed by atoms with E-state index in [1.54, 1.807) is 0 Å². The van der Waals surface area contributed by atoms with Crippen LogP contribution < -0.4 is 5.32 Å². The number of amides is 1. The van der Waals surface area contributed by atoms with Gasteiger partial charge < -0.3 is 10.1 Å². The van der Waals surface area contributed by atoms with E-state index in [1.807, 2.05) is 0 Å². The van der Waals surface area contributed by atoms with Crippen molar-refractivity contribution in [3.05, 3.63) is 39.9 Å². The summed E-state index contributed by atoms with van der Waals surface area (Å²) in [6.07, 6.45) is 3.16. The average molecular weight is 334 g/mol. The number of benzene rings is 1. The van der Waals surface area contributed by atoms with Crippen molar-refractivity contribution >= 4 is 17.6 Å². The molecule has 24 heavy (non-hydrogen) atoms. The van der Waals surface area contributed by atoms with Gasteiger partial charge in [-0.05, 0) is 24.3 Å². The maximum atomic E-state index is 12.0. The lowest BCUT2D eigenvalue weighted by Gasteiger charge is -2.34. The molecule has 130 valence electrons. The number of ether oxygens (including phenoxy) is 1. The Labute approximate surface area is 140 Å². The predicted octanol–water partition coefficient (Wildman–Crippen LogP) is 2.69. The van der Waals surface area contributed by atoms with E-state index >= 15 is 0 Å². The smallest absolute Gasteiger partial charge is 0.338 e. The number of carbonyl (C=O) groups is 2. The lowest BCUT2D eigenvalue weighted by molar-refractivity contribution is -0.384. The first-order valence-electron chi connectivity index (χ1n) is 8.09. The molecule has 0 saturated heterocycles. The molecule has 1 N–H and O–H groups in total. The first-order chi connectivity index (χ1) is 11.4. The van der Waals surface area contributed by atoms with Crippen molar-refractivity contribution in [2.24, 2.45) is 11.8 Å². The van der Waals surface area contributed by atoms with E-state index in [0.29, 0.717) is 11.8 Å².